The van der Waals surface area contributed by atoms with Gasteiger partial charge in [-0.1, -0.05) is 6.92 Å². The van der Waals surface area contributed by atoms with Gasteiger partial charge in [0.15, 0.2) is 0 Å². The summed E-state index contributed by atoms with van der Waals surface area (Å²) in [6.07, 6.45) is 4.54. The number of aromatic nitrogens is 4. The Hall–Kier alpha value is -1.63. The number of hydrogen-bond acceptors (Lipinski definition) is 5. The Kier molecular flexibility index (Phi) is 4.36. The van der Waals surface area contributed by atoms with Crippen LogP contribution in [0.2, 0.25) is 0 Å². The molecule has 2 rings (SSSR count). The average Bonchev–Trinajstić information content (AvgIpc) is 2.74. The van der Waals surface area contributed by atoms with Gasteiger partial charge in [-0.3, -0.25) is 4.68 Å². The fraction of sp³-hybridized carbons (Fsp3) is 0.417. The molecule has 0 bridgehead atoms. The van der Waals surface area contributed by atoms with Crippen molar-refractivity contribution < 1.29 is 0 Å². The Labute approximate surface area is 120 Å². The second kappa shape index (κ2) is 6.01. The van der Waals surface area contributed by atoms with Crippen molar-refractivity contribution in [3.63, 3.8) is 0 Å². The van der Waals surface area contributed by atoms with Crippen molar-refractivity contribution in [1.29, 1.82) is 0 Å². The zero-order valence-corrected chi connectivity index (χ0v) is 12.8. The molecule has 2 aromatic rings. The van der Waals surface area contributed by atoms with Crippen molar-refractivity contribution >= 4 is 33.4 Å². The highest BCUT2D eigenvalue weighted by Crippen LogP contribution is 2.25. The van der Waals surface area contributed by atoms with E-state index >= 15 is 0 Å². The lowest BCUT2D eigenvalue weighted by Crippen LogP contribution is -2.05. The second-order valence-electron chi connectivity index (χ2n) is 4.06. The van der Waals surface area contributed by atoms with Crippen LogP contribution in [0.4, 0.5) is 17.5 Å². The SMILES string of the molecule is CCNc1ncc(Br)c(Nc2cn(C)nc2CC)n1. The van der Waals surface area contributed by atoms with Gasteiger partial charge in [0.1, 0.15) is 5.82 Å². The van der Waals surface area contributed by atoms with Crippen LogP contribution in [-0.4, -0.2) is 26.3 Å². The highest BCUT2D eigenvalue weighted by molar-refractivity contribution is 9.10. The number of rotatable bonds is 5. The van der Waals surface area contributed by atoms with Gasteiger partial charge < -0.3 is 10.6 Å². The third-order valence-corrected chi connectivity index (χ3v) is 3.15. The van der Waals surface area contributed by atoms with Crippen LogP contribution in [0, 0.1) is 0 Å². The molecule has 0 saturated carbocycles. The standard InChI is InChI=1S/C12H17BrN6/c1-4-9-10(7-19(3)18-9)16-11-8(13)6-15-12(17-11)14-5-2/h6-7H,4-5H2,1-3H3,(H2,14,15,16,17). The Morgan fingerprint density at radius 2 is 2.16 bits per heavy atom. The number of hydrogen-bond donors (Lipinski definition) is 2. The number of nitrogens with one attached hydrogen (secondary N) is 2. The van der Waals surface area contributed by atoms with Crippen LogP contribution in [0.3, 0.4) is 0 Å². The van der Waals surface area contributed by atoms with Gasteiger partial charge in [0, 0.05) is 26.0 Å². The van der Waals surface area contributed by atoms with Gasteiger partial charge in [-0.25, -0.2) is 4.98 Å². The molecule has 2 heterocycles. The van der Waals surface area contributed by atoms with Crippen molar-refractivity contribution in [2.75, 3.05) is 17.2 Å². The highest BCUT2D eigenvalue weighted by atomic mass is 79.9. The van der Waals surface area contributed by atoms with E-state index in [2.05, 4.69) is 48.6 Å². The molecular formula is C12H17BrN6. The predicted molar refractivity (Wildman–Crippen MR) is 79.8 cm³/mol. The van der Waals surface area contributed by atoms with E-state index in [0.29, 0.717) is 5.95 Å². The first kappa shape index (κ1) is 13.8. The lowest BCUT2D eigenvalue weighted by Gasteiger charge is -2.08. The van der Waals surface area contributed by atoms with Crippen LogP contribution in [0.25, 0.3) is 0 Å². The van der Waals surface area contributed by atoms with E-state index in [1.54, 1.807) is 10.9 Å². The molecule has 0 atom stereocenters. The second-order valence-corrected chi connectivity index (χ2v) is 4.92. The summed E-state index contributed by atoms with van der Waals surface area (Å²) in [6, 6.07) is 0. The zero-order valence-electron chi connectivity index (χ0n) is 11.2. The maximum Gasteiger partial charge on any atom is 0.224 e. The van der Waals surface area contributed by atoms with E-state index in [4.69, 9.17) is 0 Å². The number of anilines is 3. The molecule has 0 spiro atoms. The topological polar surface area (TPSA) is 67.7 Å². The van der Waals surface area contributed by atoms with Gasteiger partial charge >= 0.3 is 0 Å². The monoisotopic (exact) mass is 324 g/mol. The Bertz CT molecular complexity index is 565. The zero-order chi connectivity index (χ0) is 13.8. The van der Waals surface area contributed by atoms with Crippen molar-refractivity contribution in [2.45, 2.75) is 20.3 Å². The molecule has 0 fully saturated rings. The Balaban J connectivity index is 2.28. The minimum Gasteiger partial charge on any atom is -0.354 e. The van der Waals surface area contributed by atoms with Gasteiger partial charge in [-0.15, -0.1) is 0 Å². The van der Waals surface area contributed by atoms with Crippen molar-refractivity contribution in [3.05, 3.63) is 22.6 Å². The largest absolute Gasteiger partial charge is 0.354 e. The average molecular weight is 325 g/mol. The van der Waals surface area contributed by atoms with Gasteiger partial charge in [-0.05, 0) is 29.3 Å². The molecule has 0 aliphatic rings. The molecule has 2 N–H and O–H groups in total. The molecule has 2 aromatic heterocycles. The van der Waals surface area contributed by atoms with Crippen molar-refractivity contribution in [1.82, 2.24) is 19.7 Å². The molecule has 102 valence electrons. The molecule has 19 heavy (non-hydrogen) atoms. The van der Waals surface area contributed by atoms with Gasteiger partial charge in [0.2, 0.25) is 5.95 Å². The van der Waals surface area contributed by atoms with Crippen LogP contribution in [-0.2, 0) is 13.5 Å². The lowest BCUT2D eigenvalue weighted by atomic mass is 10.3. The van der Waals surface area contributed by atoms with E-state index in [1.807, 2.05) is 20.2 Å². The smallest absolute Gasteiger partial charge is 0.224 e. The fourth-order valence-electron chi connectivity index (χ4n) is 1.73. The quantitative estimate of drug-likeness (QED) is 0.885. The van der Waals surface area contributed by atoms with E-state index in [-0.39, 0.29) is 0 Å². The molecule has 0 amide bonds. The molecule has 7 heteroatoms. The Morgan fingerprint density at radius 1 is 1.37 bits per heavy atom. The van der Waals surface area contributed by atoms with E-state index in [0.717, 1.165) is 34.6 Å². The predicted octanol–water partition coefficient (Wildman–Crippen LogP) is 2.71. The molecule has 0 unspecified atom stereocenters. The van der Waals surface area contributed by atoms with Crippen molar-refractivity contribution in [3.8, 4) is 0 Å². The molecule has 0 radical (unpaired) electrons. The van der Waals surface area contributed by atoms with Gasteiger partial charge in [-0.2, -0.15) is 10.1 Å². The van der Waals surface area contributed by atoms with Gasteiger partial charge in [0.25, 0.3) is 0 Å². The third-order valence-electron chi connectivity index (χ3n) is 2.57. The summed E-state index contributed by atoms with van der Waals surface area (Å²) in [6.45, 7) is 4.87. The molecule has 0 aliphatic heterocycles. The summed E-state index contributed by atoms with van der Waals surface area (Å²) in [7, 11) is 1.91. The molecule has 0 aliphatic carbocycles. The summed E-state index contributed by atoms with van der Waals surface area (Å²) in [5.41, 5.74) is 1.98. The van der Waals surface area contributed by atoms with Crippen LogP contribution < -0.4 is 10.6 Å². The lowest BCUT2D eigenvalue weighted by molar-refractivity contribution is 0.746. The first-order chi connectivity index (χ1) is 9.13. The first-order valence-corrected chi connectivity index (χ1v) is 6.99. The van der Waals surface area contributed by atoms with Crippen LogP contribution in [0.5, 0.6) is 0 Å². The van der Waals surface area contributed by atoms with Crippen LogP contribution in [0.1, 0.15) is 19.5 Å². The third kappa shape index (κ3) is 3.23. The molecule has 0 saturated heterocycles. The maximum absolute atomic E-state index is 4.42. The van der Waals surface area contributed by atoms with Gasteiger partial charge in [0.05, 0.1) is 15.9 Å². The molecule has 6 nitrogen and oxygen atoms in total. The van der Waals surface area contributed by atoms with Crippen molar-refractivity contribution in [2.24, 2.45) is 7.05 Å². The number of nitrogens with zero attached hydrogens (tertiary/aromatic N) is 4. The maximum atomic E-state index is 4.42. The normalized spacial score (nSPS) is 10.5. The fourth-order valence-corrected chi connectivity index (χ4v) is 2.02. The summed E-state index contributed by atoms with van der Waals surface area (Å²) < 4.78 is 2.61. The van der Waals surface area contributed by atoms with E-state index in [1.165, 1.54) is 0 Å². The summed E-state index contributed by atoms with van der Waals surface area (Å²) >= 11 is 3.45. The number of halogens is 1. The van der Waals surface area contributed by atoms with Crippen LogP contribution >= 0.6 is 15.9 Å². The van der Waals surface area contributed by atoms with E-state index < -0.39 is 0 Å². The highest BCUT2D eigenvalue weighted by Gasteiger charge is 2.10. The molecule has 0 aromatic carbocycles. The minimum absolute atomic E-state index is 0.607. The first-order valence-electron chi connectivity index (χ1n) is 6.20. The van der Waals surface area contributed by atoms with Crippen LogP contribution in [0.15, 0.2) is 16.9 Å². The minimum atomic E-state index is 0.607. The summed E-state index contributed by atoms with van der Waals surface area (Å²) in [4.78, 5) is 8.61. The van der Waals surface area contributed by atoms with E-state index in [9.17, 15) is 0 Å². The number of aryl methyl sites for hydroxylation is 2. The Morgan fingerprint density at radius 3 is 2.84 bits per heavy atom. The summed E-state index contributed by atoms with van der Waals surface area (Å²) in [5.74, 6) is 1.34. The molecular weight excluding hydrogens is 308 g/mol. The summed E-state index contributed by atoms with van der Waals surface area (Å²) in [5, 5.41) is 10.8.